The molecular weight excluding hydrogens is 132 g/mol. The SMILES string of the molecule is C[C@@H]1C[C@@]1(C)c1ccccc1. The standard InChI is InChI=1S/C11H14/c1-9-8-11(9,2)10-6-4-3-5-7-10/h3-7,9H,8H2,1-2H3/t9-,11-/m1/s1. The fourth-order valence-electron chi connectivity index (χ4n) is 1.80. The monoisotopic (exact) mass is 146 g/mol. The molecule has 0 amide bonds. The van der Waals surface area contributed by atoms with Gasteiger partial charge in [0.1, 0.15) is 0 Å². The molecule has 0 saturated heterocycles. The summed E-state index contributed by atoms with van der Waals surface area (Å²) < 4.78 is 0. The Bertz CT molecular complexity index is 250. The molecule has 1 saturated carbocycles. The second-order valence-corrected chi connectivity index (χ2v) is 3.89. The van der Waals surface area contributed by atoms with Gasteiger partial charge in [-0.1, -0.05) is 44.2 Å². The highest BCUT2D eigenvalue weighted by Crippen LogP contribution is 2.53. The maximum absolute atomic E-state index is 2.35. The zero-order valence-electron chi connectivity index (χ0n) is 7.17. The summed E-state index contributed by atoms with van der Waals surface area (Å²) in [5.74, 6) is 0.880. The van der Waals surface area contributed by atoms with E-state index in [1.165, 1.54) is 12.0 Å². The highest BCUT2D eigenvalue weighted by Gasteiger charge is 2.47. The van der Waals surface area contributed by atoms with E-state index < -0.39 is 0 Å². The van der Waals surface area contributed by atoms with Gasteiger partial charge >= 0.3 is 0 Å². The Balaban J connectivity index is 2.32. The van der Waals surface area contributed by atoms with Gasteiger partial charge in [0.2, 0.25) is 0 Å². The number of hydrogen-bond acceptors (Lipinski definition) is 0. The van der Waals surface area contributed by atoms with E-state index in [1.54, 1.807) is 0 Å². The quantitative estimate of drug-likeness (QED) is 0.571. The molecule has 0 bridgehead atoms. The van der Waals surface area contributed by atoms with Crippen LogP contribution in [0.5, 0.6) is 0 Å². The van der Waals surface area contributed by atoms with Gasteiger partial charge in [0.15, 0.2) is 0 Å². The van der Waals surface area contributed by atoms with Crippen LogP contribution in [-0.2, 0) is 5.41 Å². The molecule has 11 heavy (non-hydrogen) atoms. The highest BCUT2D eigenvalue weighted by molar-refractivity contribution is 5.31. The first-order valence-corrected chi connectivity index (χ1v) is 4.29. The molecule has 0 N–H and O–H groups in total. The molecule has 1 aliphatic rings. The Morgan fingerprint density at radius 1 is 1.27 bits per heavy atom. The molecule has 1 aromatic carbocycles. The molecule has 0 heterocycles. The molecular formula is C11H14. The molecule has 0 heteroatoms. The molecule has 1 aromatic rings. The van der Waals surface area contributed by atoms with Crippen molar-refractivity contribution >= 4 is 0 Å². The van der Waals surface area contributed by atoms with E-state index in [-0.39, 0.29) is 0 Å². The van der Waals surface area contributed by atoms with Crippen molar-refractivity contribution in [3.63, 3.8) is 0 Å². The molecule has 1 aliphatic carbocycles. The van der Waals surface area contributed by atoms with Crippen LogP contribution in [0.2, 0.25) is 0 Å². The summed E-state index contributed by atoms with van der Waals surface area (Å²) in [6, 6.07) is 10.8. The molecule has 0 nitrogen and oxygen atoms in total. The lowest BCUT2D eigenvalue weighted by atomic mass is 9.96. The van der Waals surface area contributed by atoms with E-state index in [9.17, 15) is 0 Å². The Morgan fingerprint density at radius 3 is 2.27 bits per heavy atom. The van der Waals surface area contributed by atoms with Crippen molar-refractivity contribution in [1.82, 2.24) is 0 Å². The molecule has 0 radical (unpaired) electrons. The average Bonchev–Trinajstić information content (AvgIpc) is 2.64. The highest BCUT2D eigenvalue weighted by atomic mass is 14.5. The van der Waals surface area contributed by atoms with Crippen LogP contribution in [0.25, 0.3) is 0 Å². The van der Waals surface area contributed by atoms with E-state index in [1.807, 2.05) is 0 Å². The smallest absolute Gasteiger partial charge is 0.00465 e. The first-order chi connectivity index (χ1) is 5.23. The fourth-order valence-corrected chi connectivity index (χ4v) is 1.80. The zero-order chi connectivity index (χ0) is 7.90. The molecule has 0 spiro atoms. The van der Waals surface area contributed by atoms with Gasteiger partial charge in [-0.25, -0.2) is 0 Å². The third-order valence-electron chi connectivity index (χ3n) is 3.09. The van der Waals surface area contributed by atoms with Gasteiger partial charge in [-0.05, 0) is 23.3 Å². The second-order valence-electron chi connectivity index (χ2n) is 3.89. The van der Waals surface area contributed by atoms with Gasteiger partial charge in [-0.2, -0.15) is 0 Å². The molecule has 58 valence electrons. The van der Waals surface area contributed by atoms with Crippen molar-refractivity contribution in [3.8, 4) is 0 Å². The first-order valence-electron chi connectivity index (χ1n) is 4.29. The van der Waals surface area contributed by atoms with Crippen LogP contribution in [0, 0.1) is 5.92 Å². The largest absolute Gasteiger partial charge is 0.0622 e. The van der Waals surface area contributed by atoms with Crippen LogP contribution in [0.4, 0.5) is 0 Å². The van der Waals surface area contributed by atoms with Gasteiger partial charge < -0.3 is 0 Å². The van der Waals surface area contributed by atoms with Crippen molar-refractivity contribution in [2.24, 2.45) is 5.92 Å². The van der Waals surface area contributed by atoms with E-state index in [0.717, 1.165) is 5.92 Å². The topological polar surface area (TPSA) is 0 Å². The third-order valence-corrected chi connectivity index (χ3v) is 3.09. The summed E-state index contributed by atoms with van der Waals surface area (Å²) in [7, 11) is 0. The van der Waals surface area contributed by atoms with Gasteiger partial charge in [0, 0.05) is 0 Å². The van der Waals surface area contributed by atoms with Crippen molar-refractivity contribution in [3.05, 3.63) is 35.9 Å². The van der Waals surface area contributed by atoms with Crippen LogP contribution in [0.3, 0.4) is 0 Å². The van der Waals surface area contributed by atoms with Crippen LogP contribution in [-0.4, -0.2) is 0 Å². The molecule has 0 aromatic heterocycles. The summed E-state index contributed by atoms with van der Waals surface area (Å²) in [4.78, 5) is 0. The Labute approximate surface area is 68.3 Å². The minimum atomic E-state index is 0.501. The Kier molecular flexibility index (Phi) is 1.32. The van der Waals surface area contributed by atoms with E-state index >= 15 is 0 Å². The van der Waals surface area contributed by atoms with Crippen LogP contribution >= 0.6 is 0 Å². The van der Waals surface area contributed by atoms with E-state index in [4.69, 9.17) is 0 Å². The van der Waals surface area contributed by atoms with Crippen LogP contribution in [0.15, 0.2) is 30.3 Å². The number of benzene rings is 1. The lowest BCUT2D eigenvalue weighted by molar-refractivity contribution is 0.702. The predicted octanol–water partition coefficient (Wildman–Crippen LogP) is 2.98. The Morgan fingerprint density at radius 2 is 1.82 bits per heavy atom. The lowest BCUT2D eigenvalue weighted by Gasteiger charge is -2.08. The van der Waals surface area contributed by atoms with Crippen LogP contribution in [0.1, 0.15) is 25.8 Å². The third kappa shape index (κ3) is 0.973. The van der Waals surface area contributed by atoms with Gasteiger partial charge in [-0.15, -0.1) is 0 Å². The minimum Gasteiger partial charge on any atom is -0.0622 e. The van der Waals surface area contributed by atoms with E-state index in [0.29, 0.717) is 5.41 Å². The average molecular weight is 146 g/mol. The van der Waals surface area contributed by atoms with Gasteiger partial charge in [0.25, 0.3) is 0 Å². The lowest BCUT2D eigenvalue weighted by Crippen LogP contribution is -2.01. The molecule has 0 unspecified atom stereocenters. The fraction of sp³-hybridized carbons (Fsp3) is 0.455. The first kappa shape index (κ1) is 6.90. The molecule has 2 rings (SSSR count). The normalized spacial score (nSPS) is 35.3. The second kappa shape index (κ2) is 2.10. The summed E-state index contributed by atoms with van der Waals surface area (Å²) in [5.41, 5.74) is 2.01. The van der Waals surface area contributed by atoms with Crippen molar-refractivity contribution in [2.75, 3.05) is 0 Å². The summed E-state index contributed by atoms with van der Waals surface area (Å²) in [6.07, 6.45) is 1.36. The van der Waals surface area contributed by atoms with Crippen molar-refractivity contribution < 1.29 is 0 Å². The maximum atomic E-state index is 2.35. The number of hydrogen-bond donors (Lipinski definition) is 0. The molecule has 0 aliphatic heterocycles. The Hall–Kier alpha value is -0.780. The van der Waals surface area contributed by atoms with Crippen molar-refractivity contribution in [1.29, 1.82) is 0 Å². The maximum Gasteiger partial charge on any atom is -0.00465 e. The molecule has 2 atom stereocenters. The summed E-state index contributed by atoms with van der Waals surface area (Å²) in [5, 5.41) is 0. The van der Waals surface area contributed by atoms with Crippen LogP contribution < -0.4 is 0 Å². The summed E-state index contributed by atoms with van der Waals surface area (Å²) >= 11 is 0. The predicted molar refractivity (Wildman–Crippen MR) is 47.6 cm³/mol. The molecule has 1 fully saturated rings. The minimum absolute atomic E-state index is 0.501. The van der Waals surface area contributed by atoms with Gasteiger partial charge in [-0.3, -0.25) is 0 Å². The van der Waals surface area contributed by atoms with Crippen molar-refractivity contribution in [2.45, 2.75) is 25.7 Å². The number of rotatable bonds is 1. The van der Waals surface area contributed by atoms with Gasteiger partial charge in [0.05, 0.1) is 0 Å². The zero-order valence-corrected chi connectivity index (χ0v) is 7.17. The summed E-state index contributed by atoms with van der Waals surface area (Å²) in [6.45, 7) is 4.68. The van der Waals surface area contributed by atoms with E-state index in [2.05, 4.69) is 44.2 Å².